The van der Waals surface area contributed by atoms with Crippen molar-refractivity contribution in [3.05, 3.63) is 18.0 Å². The maximum atomic E-state index is 12.4. The van der Waals surface area contributed by atoms with Crippen LogP contribution in [0, 0.1) is 0 Å². The zero-order valence-corrected chi connectivity index (χ0v) is 10.8. The van der Waals surface area contributed by atoms with E-state index in [-0.39, 0.29) is 18.4 Å². The quantitative estimate of drug-likeness (QED) is 0.883. The summed E-state index contributed by atoms with van der Waals surface area (Å²) in [5, 5.41) is 5.10. The molecule has 1 aromatic heterocycles. The van der Waals surface area contributed by atoms with Gasteiger partial charge in [-0.05, 0) is 26.8 Å². The molecule has 0 spiro atoms. The molecule has 106 valence electrons. The molecular weight excluding hydrogens is 261 g/mol. The van der Waals surface area contributed by atoms with E-state index in [1.54, 1.807) is 20.8 Å². The van der Waals surface area contributed by atoms with E-state index in [1.807, 2.05) is 0 Å². The second-order valence-corrected chi connectivity index (χ2v) is 4.91. The Bertz CT molecular complexity index is 454. The molecule has 5 nitrogen and oxygen atoms in total. The van der Waals surface area contributed by atoms with E-state index in [4.69, 9.17) is 0 Å². The van der Waals surface area contributed by atoms with Crippen molar-refractivity contribution in [1.82, 2.24) is 15.3 Å². The maximum absolute atomic E-state index is 12.4. The Morgan fingerprint density at radius 3 is 2.47 bits per heavy atom. The molecular formula is C11H15F3N4O. The summed E-state index contributed by atoms with van der Waals surface area (Å²) in [6.07, 6.45) is -3.55. The van der Waals surface area contributed by atoms with Crippen molar-refractivity contribution < 1.29 is 18.0 Å². The van der Waals surface area contributed by atoms with E-state index in [1.165, 1.54) is 0 Å². The molecule has 0 atom stereocenters. The SMILES string of the molecule is CC(C)(C)NC(=O)CNc1nccc(C(F)(F)F)n1. The third-order valence-electron chi connectivity index (χ3n) is 1.87. The molecule has 0 saturated carbocycles. The molecule has 0 unspecified atom stereocenters. The summed E-state index contributed by atoms with van der Waals surface area (Å²) in [7, 11) is 0. The van der Waals surface area contributed by atoms with E-state index in [9.17, 15) is 18.0 Å². The van der Waals surface area contributed by atoms with Gasteiger partial charge in [0.2, 0.25) is 11.9 Å². The Kier molecular flexibility index (Phi) is 4.33. The van der Waals surface area contributed by atoms with Crippen LogP contribution in [0.5, 0.6) is 0 Å². The topological polar surface area (TPSA) is 66.9 Å². The largest absolute Gasteiger partial charge is 0.433 e. The van der Waals surface area contributed by atoms with Crippen LogP contribution in [-0.2, 0) is 11.0 Å². The number of hydrogen-bond donors (Lipinski definition) is 2. The minimum absolute atomic E-state index is 0.196. The number of anilines is 1. The van der Waals surface area contributed by atoms with Crippen molar-refractivity contribution in [3.8, 4) is 0 Å². The third-order valence-corrected chi connectivity index (χ3v) is 1.87. The average molecular weight is 276 g/mol. The van der Waals surface area contributed by atoms with Crippen LogP contribution >= 0.6 is 0 Å². The van der Waals surface area contributed by atoms with Crippen LogP contribution in [0.15, 0.2) is 12.3 Å². The molecule has 0 aliphatic rings. The smallest absolute Gasteiger partial charge is 0.350 e. The molecule has 0 radical (unpaired) electrons. The second kappa shape index (κ2) is 5.41. The summed E-state index contributed by atoms with van der Waals surface area (Å²) in [6.45, 7) is 5.20. The molecule has 0 saturated heterocycles. The first-order chi connectivity index (χ1) is 8.58. The van der Waals surface area contributed by atoms with Crippen LogP contribution in [0.4, 0.5) is 19.1 Å². The Morgan fingerprint density at radius 2 is 1.95 bits per heavy atom. The van der Waals surface area contributed by atoms with Crippen LogP contribution in [0.1, 0.15) is 26.5 Å². The van der Waals surface area contributed by atoms with Gasteiger partial charge in [-0.1, -0.05) is 0 Å². The van der Waals surface area contributed by atoms with Gasteiger partial charge in [0.1, 0.15) is 5.69 Å². The van der Waals surface area contributed by atoms with Crippen molar-refractivity contribution in [3.63, 3.8) is 0 Å². The summed E-state index contributed by atoms with van der Waals surface area (Å²) >= 11 is 0. The number of hydrogen-bond acceptors (Lipinski definition) is 4. The van der Waals surface area contributed by atoms with Gasteiger partial charge in [-0.25, -0.2) is 9.97 Å². The van der Waals surface area contributed by atoms with Gasteiger partial charge in [0.05, 0.1) is 6.54 Å². The van der Waals surface area contributed by atoms with Crippen molar-refractivity contribution in [2.24, 2.45) is 0 Å². The number of carbonyl (C=O) groups excluding carboxylic acids is 1. The van der Waals surface area contributed by atoms with Crippen LogP contribution < -0.4 is 10.6 Å². The standard InChI is InChI=1S/C11H15F3N4O/c1-10(2,3)18-8(19)6-16-9-15-5-4-7(17-9)11(12,13)14/h4-5H,6H2,1-3H3,(H,18,19)(H,15,16,17). The van der Waals surface area contributed by atoms with Gasteiger partial charge >= 0.3 is 6.18 Å². The molecule has 1 rings (SSSR count). The van der Waals surface area contributed by atoms with Crippen LogP contribution in [0.25, 0.3) is 0 Å². The zero-order chi connectivity index (χ0) is 14.7. The first-order valence-electron chi connectivity index (χ1n) is 5.53. The number of amides is 1. The van der Waals surface area contributed by atoms with Crippen LogP contribution in [0.2, 0.25) is 0 Å². The number of aromatic nitrogens is 2. The van der Waals surface area contributed by atoms with Crippen molar-refractivity contribution in [2.45, 2.75) is 32.5 Å². The lowest BCUT2D eigenvalue weighted by molar-refractivity contribution is -0.141. The highest BCUT2D eigenvalue weighted by atomic mass is 19.4. The number of halogens is 3. The van der Waals surface area contributed by atoms with Gasteiger partial charge in [0, 0.05) is 11.7 Å². The first kappa shape index (κ1) is 15.2. The predicted molar refractivity (Wildman–Crippen MR) is 63.4 cm³/mol. The highest BCUT2D eigenvalue weighted by Crippen LogP contribution is 2.27. The lowest BCUT2D eigenvalue weighted by Crippen LogP contribution is -2.43. The highest BCUT2D eigenvalue weighted by molar-refractivity contribution is 5.80. The second-order valence-electron chi connectivity index (χ2n) is 4.91. The van der Waals surface area contributed by atoms with Gasteiger partial charge in [-0.15, -0.1) is 0 Å². The monoisotopic (exact) mass is 276 g/mol. The minimum atomic E-state index is -4.53. The normalized spacial score (nSPS) is 12.1. The Labute approximate surface area is 108 Å². The summed E-state index contributed by atoms with van der Waals surface area (Å²) in [6, 6.07) is 0.764. The van der Waals surface area contributed by atoms with E-state index in [0.29, 0.717) is 0 Å². The van der Waals surface area contributed by atoms with E-state index in [0.717, 1.165) is 12.3 Å². The molecule has 0 aliphatic heterocycles. The lowest BCUT2D eigenvalue weighted by Gasteiger charge is -2.20. The zero-order valence-electron chi connectivity index (χ0n) is 10.8. The third kappa shape index (κ3) is 5.54. The van der Waals surface area contributed by atoms with Crippen molar-refractivity contribution >= 4 is 11.9 Å². The van der Waals surface area contributed by atoms with Crippen molar-refractivity contribution in [1.29, 1.82) is 0 Å². The summed E-state index contributed by atoms with van der Waals surface area (Å²) in [5.41, 5.74) is -1.46. The molecule has 0 aromatic carbocycles. The lowest BCUT2D eigenvalue weighted by atomic mass is 10.1. The highest BCUT2D eigenvalue weighted by Gasteiger charge is 2.32. The van der Waals surface area contributed by atoms with Crippen LogP contribution in [0.3, 0.4) is 0 Å². The molecule has 1 aromatic rings. The Balaban J connectivity index is 2.62. The van der Waals surface area contributed by atoms with Gasteiger partial charge in [-0.3, -0.25) is 4.79 Å². The summed E-state index contributed by atoms with van der Waals surface area (Å²) in [5.74, 6) is -0.590. The van der Waals surface area contributed by atoms with Gasteiger partial charge in [-0.2, -0.15) is 13.2 Å². The first-order valence-corrected chi connectivity index (χ1v) is 5.53. The molecule has 2 N–H and O–H groups in total. The fourth-order valence-electron chi connectivity index (χ4n) is 1.22. The molecule has 0 fully saturated rings. The number of nitrogens with zero attached hydrogens (tertiary/aromatic N) is 2. The number of carbonyl (C=O) groups is 1. The Morgan fingerprint density at radius 1 is 1.32 bits per heavy atom. The van der Waals surface area contributed by atoms with E-state index in [2.05, 4.69) is 20.6 Å². The minimum Gasteiger partial charge on any atom is -0.350 e. The van der Waals surface area contributed by atoms with E-state index >= 15 is 0 Å². The number of nitrogens with one attached hydrogen (secondary N) is 2. The van der Waals surface area contributed by atoms with Gasteiger partial charge < -0.3 is 10.6 Å². The summed E-state index contributed by atoms with van der Waals surface area (Å²) in [4.78, 5) is 18.4. The molecule has 1 heterocycles. The predicted octanol–water partition coefficient (Wildman–Crippen LogP) is 1.82. The van der Waals surface area contributed by atoms with Crippen LogP contribution in [-0.4, -0.2) is 28.0 Å². The molecule has 0 aliphatic carbocycles. The fourth-order valence-corrected chi connectivity index (χ4v) is 1.22. The average Bonchev–Trinajstić information content (AvgIpc) is 2.23. The van der Waals surface area contributed by atoms with E-state index < -0.39 is 17.4 Å². The van der Waals surface area contributed by atoms with Gasteiger partial charge in [0.15, 0.2) is 0 Å². The van der Waals surface area contributed by atoms with Gasteiger partial charge in [0.25, 0.3) is 0 Å². The molecule has 0 bridgehead atoms. The fraction of sp³-hybridized carbons (Fsp3) is 0.545. The number of alkyl halides is 3. The number of rotatable bonds is 3. The maximum Gasteiger partial charge on any atom is 0.433 e. The van der Waals surface area contributed by atoms with Crippen molar-refractivity contribution in [2.75, 3.05) is 11.9 Å². The molecule has 19 heavy (non-hydrogen) atoms. The molecule has 1 amide bonds. The molecule has 8 heteroatoms. The Hall–Kier alpha value is -1.86. The summed E-state index contributed by atoms with van der Waals surface area (Å²) < 4.78 is 37.2.